The predicted octanol–water partition coefficient (Wildman–Crippen LogP) is 5.55. The van der Waals surface area contributed by atoms with Gasteiger partial charge in [-0.15, -0.1) is 10.2 Å². The van der Waals surface area contributed by atoms with Gasteiger partial charge in [0.2, 0.25) is 5.84 Å². The largest absolute Gasteiger partial charge is 0.276 e. The van der Waals surface area contributed by atoms with Gasteiger partial charge in [-0.2, -0.15) is 5.10 Å². The van der Waals surface area contributed by atoms with Crippen molar-refractivity contribution < 1.29 is 0 Å². The lowest BCUT2D eigenvalue weighted by Gasteiger charge is -2.04. The summed E-state index contributed by atoms with van der Waals surface area (Å²) in [6.45, 7) is 2.04. The zero-order chi connectivity index (χ0) is 16.6. The molecule has 3 aromatic rings. The van der Waals surface area contributed by atoms with Gasteiger partial charge in [0.15, 0.2) is 0 Å². The number of rotatable bonds is 4. The maximum Gasteiger partial charge on any atom is 0.201 e. The van der Waals surface area contributed by atoms with E-state index >= 15 is 0 Å². The summed E-state index contributed by atoms with van der Waals surface area (Å²) in [5, 5.41) is 13.0. The minimum atomic E-state index is 0.529. The summed E-state index contributed by atoms with van der Waals surface area (Å²) in [4.78, 5) is 0. The fraction of sp³-hybridized carbons (Fsp3) is 0.0500. The van der Waals surface area contributed by atoms with Gasteiger partial charge in [-0.05, 0) is 36.8 Å². The zero-order valence-electron chi connectivity index (χ0n) is 13.4. The Balaban J connectivity index is 1.87. The van der Waals surface area contributed by atoms with Crippen LogP contribution in [-0.4, -0.2) is 5.84 Å². The Bertz CT molecular complexity index is 840. The van der Waals surface area contributed by atoms with Crippen LogP contribution in [0.3, 0.4) is 0 Å². The number of hydrogen-bond acceptors (Lipinski definition) is 3. The number of nitrogens with one attached hydrogen (secondary N) is 1. The fourth-order valence-corrected chi connectivity index (χ4v) is 2.16. The van der Waals surface area contributed by atoms with Crippen LogP contribution in [0.1, 0.15) is 11.1 Å². The highest BCUT2D eigenvalue weighted by Crippen LogP contribution is 2.14. The third-order valence-electron chi connectivity index (χ3n) is 3.36. The first-order chi connectivity index (χ1) is 11.8. The molecule has 0 bridgehead atoms. The van der Waals surface area contributed by atoms with E-state index in [0.717, 1.165) is 16.9 Å². The van der Waals surface area contributed by atoms with Gasteiger partial charge in [0.1, 0.15) is 0 Å². The van der Waals surface area contributed by atoms with Crippen LogP contribution < -0.4 is 5.43 Å². The van der Waals surface area contributed by atoms with Crippen molar-refractivity contribution in [3.8, 4) is 0 Å². The first-order valence-electron chi connectivity index (χ1n) is 7.74. The molecule has 0 atom stereocenters. The number of benzene rings is 3. The molecule has 1 N–H and O–H groups in total. The second-order valence-electron chi connectivity index (χ2n) is 5.32. The molecule has 0 aliphatic rings. The van der Waals surface area contributed by atoms with Gasteiger partial charge < -0.3 is 0 Å². The minimum absolute atomic E-state index is 0.529. The van der Waals surface area contributed by atoms with Crippen molar-refractivity contribution in [3.05, 3.63) is 96.1 Å². The first-order valence-corrected chi connectivity index (χ1v) is 7.74. The second kappa shape index (κ2) is 7.83. The third kappa shape index (κ3) is 4.36. The van der Waals surface area contributed by atoms with Gasteiger partial charge in [0.25, 0.3) is 0 Å². The van der Waals surface area contributed by atoms with Crippen molar-refractivity contribution >= 4 is 17.2 Å². The van der Waals surface area contributed by atoms with Crippen molar-refractivity contribution in [1.29, 1.82) is 0 Å². The van der Waals surface area contributed by atoms with Crippen LogP contribution >= 0.6 is 0 Å². The van der Waals surface area contributed by atoms with E-state index in [4.69, 9.17) is 0 Å². The number of nitrogens with zero attached hydrogens (tertiary/aromatic N) is 3. The van der Waals surface area contributed by atoms with E-state index in [1.807, 2.05) is 91.9 Å². The molecule has 0 radical (unpaired) electrons. The highest BCUT2D eigenvalue weighted by atomic mass is 15.3. The van der Waals surface area contributed by atoms with Crippen LogP contribution in [0.15, 0.2) is 100 Å². The quantitative estimate of drug-likeness (QED) is 0.292. The van der Waals surface area contributed by atoms with E-state index in [9.17, 15) is 0 Å². The monoisotopic (exact) mass is 314 g/mol. The number of amidine groups is 1. The summed E-state index contributed by atoms with van der Waals surface area (Å²) in [5.41, 5.74) is 6.83. The Morgan fingerprint density at radius 1 is 0.792 bits per heavy atom. The number of anilines is 1. The van der Waals surface area contributed by atoms with Gasteiger partial charge in [-0.1, -0.05) is 60.7 Å². The number of hydrogen-bond donors (Lipinski definition) is 1. The Kier molecular flexibility index (Phi) is 5.10. The summed E-state index contributed by atoms with van der Waals surface area (Å²) < 4.78 is 0. The maximum atomic E-state index is 4.43. The summed E-state index contributed by atoms with van der Waals surface area (Å²) >= 11 is 0. The standard InChI is InChI=1S/C20H18N4/c1-16-9-8-14-19(15-16)22-24-20(17-10-4-2-5-11-17)23-21-18-12-6-3-7-13-18/h2-15,22H,1H3/b23-21?,24-20+. The molecule has 24 heavy (non-hydrogen) atoms. The van der Waals surface area contributed by atoms with Crippen molar-refractivity contribution in [2.45, 2.75) is 6.92 Å². The molecule has 118 valence electrons. The maximum absolute atomic E-state index is 4.43. The van der Waals surface area contributed by atoms with Gasteiger partial charge >= 0.3 is 0 Å². The second-order valence-corrected chi connectivity index (χ2v) is 5.32. The number of azo groups is 1. The SMILES string of the molecule is Cc1cccc(N/N=C(/N=Nc2ccccc2)c2ccccc2)c1. The topological polar surface area (TPSA) is 49.1 Å². The molecule has 0 amide bonds. The van der Waals surface area contributed by atoms with Crippen molar-refractivity contribution in [1.82, 2.24) is 0 Å². The molecule has 0 spiro atoms. The zero-order valence-corrected chi connectivity index (χ0v) is 13.4. The molecule has 0 unspecified atom stereocenters. The average molecular weight is 314 g/mol. The molecule has 3 rings (SSSR count). The Labute approximate surface area is 141 Å². The highest BCUT2D eigenvalue weighted by molar-refractivity contribution is 5.99. The van der Waals surface area contributed by atoms with Crippen molar-refractivity contribution in [2.75, 3.05) is 5.43 Å². The van der Waals surface area contributed by atoms with Crippen LogP contribution in [0.5, 0.6) is 0 Å². The summed E-state index contributed by atoms with van der Waals surface area (Å²) in [7, 11) is 0. The summed E-state index contributed by atoms with van der Waals surface area (Å²) in [6, 6.07) is 27.4. The number of aryl methyl sites for hydroxylation is 1. The van der Waals surface area contributed by atoms with Crippen molar-refractivity contribution in [3.63, 3.8) is 0 Å². The molecule has 0 saturated carbocycles. The lowest BCUT2D eigenvalue weighted by atomic mass is 10.2. The summed E-state index contributed by atoms with van der Waals surface area (Å²) in [5.74, 6) is 0.529. The van der Waals surface area contributed by atoms with Crippen LogP contribution in [0.25, 0.3) is 0 Å². The van der Waals surface area contributed by atoms with Gasteiger partial charge in [0, 0.05) is 5.56 Å². The first kappa shape index (κ1) is 15.6. The van der Waals surface area contributed by atoms with Crippen LogP contribution in [0.4, 0.5) is 11.4 Å². The van der Waals surface area contributed by atoms with Crippen LogP contribution in [0, 0.1) is 6.92 Å². The molecule has 0 fully saturated rings. The molecular weight excluding hydrogens is 296 g/mol. The van der Waals surface area contributed by atoms with Crippen LogP contribution in [-0.2, 0) is 0 Å². The molecule has 4 nitrogen and oxygen atoms in total. The fourth-order valence-electron chi connectivity index (χ4n) is 2.16. The molecule has 3 aromatic carbocycles. The van der Waals surface area contributed by atoms with E-state index < -0.39 is 0 Å². The predicted molar refractivity (Wildman–Crippen MR) is 98.7 cm³/mol. The van der Waals surface area contributed by atoms with E-state index in [2.05, 4.69) is 20.8 Å². The van der Waals surface area contributed by atoms with Gasteiger partial charge in [0.05, 0.1) is 11.4 Å². The minimum Gasteiger partial charge on any atom is -0.276 e. The van der Waals surface area contributed by atoms with E-state index in [1.54, 1.807) is 0 Å². The molecule has 4 heteroatoms. The number of hydrazone groups is 1. The van der Waals surface area contributed by atoms with E-state index in [1.165, 1.54) is 5.56 Å². The lowest BCUT2D eigenvalue weighted by molar-refractivity contribution is 1.22. The van der Waals surface area contributed by atoms with Gasteiger partial charge in [-0.3, -0.25) is 5.43 Å². The molecule has 0 aliphatic carbocycles. The molecule has 0 saturated heterocycles. The lowest BCUT2D eigenvalue weighted by Crippen LogP contribution is -2.01. The average Bonchev–Trinajstić information content (AvgIpc) is 2.63. The smallest absolute Gasteiger partial charge is 0.201 e. The Morgan fingerprint density at radius 2 is 1.50 bits per heavy atom. The molecule has 0 aliphatic heterocycles. The van der Waals surface area contributed by atoms with Gasteiger partial charge in [-0.25, -0.2) is 0 Å². The van der Waals surface area contributed by atoms with E-state index in [0.29, 0.717) is 5.84 Å². The third-order valence-corrected chi connectivity index (χ3v) is 3.36. The normalized spacial score (nSPS) is 11.6. The highest BCUT2D eigenvalue weighted by Gasteiger charge is 2.02. The summed E-state index contributed by atoms with van der Waals surface area (Å²) in [6.07, 6.45) is 0. The van der Waals surface area contributed by atoms with Crippen molar-refractivity contribution in [2.24, 2.45) is 15.3 Å². The molecule has 0 heterocycles. The Morgan fingerprint density at radius 3 is 2.21 bits per heavy atom. The van der Waals surface area contributed by atoms with Crippen LogP contribution in [0.2, 0.25) is 0 Å². The Hall–Kier alpha value is -3.27. The van der Waals surface area contributed by atoms with E-state index in [-0.39, 0.29) is 0 Å². The molecule has 0 aromatic heterocycles. The molecular formula is C20H18N4.